The van der Waals surface area contributed by atoms with Gasteiger partial charge in [0.2, 0.25) is 5.66 Å². The largest absolute Gasteiger partial charge is 0.350 e. The number of amides is 2. The Morgan fingerprint density at radius 1 is 1.09 bits per heavy atom. The summed E-state index contributed by atoms with van der Waals surface area (Å²) in [4.78, 5) is 27.4. The Morgan fingerprint density at radius 2 is 1.87 bits per heavy atom. The second-order valence-corrected chi connectivity index (χ2v) is 5.93. The van der Waals surface area contributed by atoms with E-state index in [0.29, 0.717) is 17.8 Å². The first-order chi connectivity index (χ1) is 11.1. The molecule has 2 heterocycles. The Hall–Kier alpha value is -2.82. The number of nitrogens with zero attached hydrogens (tertiary/aromatic N) is 1. The lowest BCUT2D eigenvalue weighted by molar-refractivity contribution is -0.125. The minimum atomic E-state index is -1.18. The molecule has 0 unspecified atom stereocenters. The first-order valence-corrected chi connectivity index (χ1v) is 7.69. The quantitative estimate of drug-likeness (QED) is 0.851. The molecule has 2 aliphatic heterocycles. The molecule has 23 heavy (non-hydrogen) atoms. The standard InChI is InChI=1S/C18H17N3O2/c1-3-21-16(22)12-6-4-5-7-14(12)20-18(21)13-10-11(2)8-9-15(13)19-17(18)23/h4-10,20H,3H2,1-2H3,(H,19,23)/t18-/m0/s1. The molecule has 0 aliphatic carbocycles. The number of carbonyl (C=O) groups is 2. The zero-order valence-corrected chi connectivity index (χ0v) is 13.0. The second kappa shape index (κ2) is 4.59. The molecule has 2 aromatic rings. The van der Waals surface area contributed by atoms with Gasteiger partial charge in [-0.3, -0.25) is 9.59 Å². The molecule has 0 saturated carbocycles. The smallest absolute Gasteiger partial charge is 0.276 e. The number of aryl methyl sites for hydroxylation is 1. The summed E-state index contributed by atoms with van der Waals surface area (Å²) in [6.07, 6.45) is 0. The number of likely N-dealkylation sites (N-methyl/N-ethyl adjacent to an activating group) is 1. The van der Waals surface area contributed by atoms with Crippen LogP contribution in [0.5, 0.6) is 0 Å². The van der Waals surface area contributed by atoms with E-state index in [1.807, 2.05) is 50.2 Å². The van der Waals surface area contributed by atoms with Gasteiger partial charge < -0.3 is 15.5 Å². The summed E-state index contributed by atoms with van der Waals surface area (Å²) in [6, 6.07) is 13.1. The Morgan fingerprint density at radius 3 is 2.65 bits per heavy atom. The number of hydrogen-bond acceptors (Lipinski definition) is 3. The van der Waals surface area contributed by atoms with Gasteiger partial charge in [0.25, 0.3) is 11.8 Å². The van der Waals surface area contributed by atoms with E-state index in [9.17, 15) is 9.59 Å². The third-order valence-corrected chi connectivity index (χ3v) is 4.58. The Labute approximate surface area is 134 Å². The van der Waals surface area contributed by atoms with Crippen LogP contribution in [0.25, 0.3) is 0 Å². The summed E-state index contributed by atoms with van der Waals surface area (Å²) in [5.41, 5.74) is 2.69. The highest BCUT2D eigenvalue weighted by Crippen LogP contribution is 2.45. The van der Waals surface area contributed by atoms with Gasteiger partial charge in [0.1, 0.15) is 0 Å². The van der Waals surface area contributed by atoms with Crippen molar-refractivity contribution < 1.29 is 9.59 Å². The monoisotopic (exact) mass is 307 g/mol. The summed E-state index contributed by atoms with van der Waals surface area (Å²) in [6.45, 7) is 4.29. The van der Waals surface area contributed by atoms with Gasteiger partial charge in [0.05, 0.1) is 5.56 Å². The molecule has 5 heteroatoms. The van der Waals surface area contributed by atoms with Gasteiger partial charge in [-0.15, -0.1) is 0 Å². The summed E-state index contributed by atoms with van der Waals surface area (Å²) >= 11 is 0. The van der Waals surface area contributed by atoms with Gasteiger partial charge in [0.15, 0.2) is 0 Å². The maximum absolute atomic E-state index is 13.0. The summed E-state index contributed by atoms with van der Waals surface area (Å²) in [5.74, 6) is -0.353. The van der Waals surface area contributed by atoms with E-state index in [0.717, 1.165) is 16.8 Å². The normalized spacial score (nSPS) is 21.7. The van der Waals surface area contributed by atoms with Crippen molar-refractivity contribution in [3.63, 3.8) is 0 Å². The SMILES string of the molecule is CCN1C(=O)c2ccccc2N[C@]12C(=O)Nc1ccc(C)cc12. The van der Waals surface area contributed by atoms with Gasteiger partial charge in [0, 0.05) is 23.5 Å². The van der Waals surface area contributed by atoms with Crippen LogP contribution in [0.2, 0.25) is 0 Å². The molecule has 1 spiro atoms. The molecule has 2 N–H and O–H groups in total. The van der Waals surface area contributed by atoms with Gasteiger partial charge in [-0.2, -0.15) is 0 Å². The number of nitrogens with one attached hydrogen (secondary N) is 2. The number of anilines is 2. The minimum Gasteiger partial charge on any atom is -0.350 e. The fourth-order valence-corrected chi connectivity index (χ4v) is 3.51. The second-order valence-electron chi connectivity index (χ2n) is 5.93. The van der Waals surface area contributed by atoms with Crippen LogP contribution in [0.15, 0.2) is 42.5 Å². The van der Waals surface area contributed by atoms with Crippen molar-refractivity contribution in [3.05, 3.63) is 59.2 Å². The molecular weight excluding hydrogens is 290 g/mol. The Balaban J connectivity index is 1.99. The van der Waals surface area contributed by atoms with Crippen molar-refractivity contribution >= 4 is 23.2 Å². The van der Waals surface area contributed by atoms with Gasteiger partial charge >= 0.3 is 0 Å². The van der Waals surface area contributed by atoms with Gasteiger partial charge in [-0.05, 0) is 38.1 Å². The molecule has 0 aromatic heterocycles. The highest BCUT2D eigenvalue weighted by molar-refractivity contribution is 6.14. The Bertz CT molecular complexity index is 846. The van der Waals surface area contributed by atoms with E-state index in [1.165, 1.54) is 0 Å². The summed E-state index contributed by atoms with van der Waals surface area (Å²) in [5, 5.41) is 6.24. The molecule has 2 aliphatic rings. The van der Waals surface area contributed by atoms with Crippen molar-refractivity contribution in [3.8, 4) is 0 Å². The van der Waals surface area contributed by atoms with Crippen LogP contribution in [0, 0.1) is 6.92 Å². The van der Waals surface area contributed by atoms with E-state index in [4.69, 9.17) is 0 Å². The lowest BCUT2D eigenvalue weighted by Gasteiger charge is -2.44. The van der Waals surface area contributed by atoms with E-state index in [1.54, 1.807) is 11.0 Å². The highest BCUT2D eigenvalue weighted by atomic mass is 16.2. The zero-order chi connectivity index (χ0) is 16.2. The number of rotatable bonds is 1. The number of benzene rings is 2. The van der Waals surface area contributed by atoms with Crippen molar-refractivity contribution in [2.24, 2.45) is 0 Å². The molecule has 5 nitrogen and oxygen atoms in total. The van der Waals surface area contributed by atoms with Crippen LogP contribution in [-0.4, -0.2) is 23.3 Å². The van der Waals surface area contributed by atoms with Gasteiger partial charge in [-0.25, -0.2) is 0 Å². The first-order valence-electron chi connectivity index (χ1n) is 7.69. The molecule has 0 saturated heterocycles. The van der Waals surface area contributed by atoms with Crippen molar-refractivity contribution in [1.29, 1.82) is 0 Å². The zero-order valence-electron chi connectivity index (χ0n) is 13.0. The molecule has 1 atom stereocenters. The van der Waals surface area contributed by atoms with Crippen molar-refractivity contribution in [2.75, 3.05) is 17.2 Å². The van der Waals surface area contributed by atoms with Crippen LogP contribution in [0.1, 0.15) is 28.4 Å². The fraction of sp³-hybridized carbons (Fsp3) is 0.222. The van der Waals surface area contributed by atoms with E-state index < -0.39 is 5.66 Å². The van der Waals surface area contributed by atoms with Crippen LogP contribution < -0.4 is 10.6 Å². The van der Waals surface area contributed by atoms with Gasteiger partial charge in [-0.1, -0.05) is 23.8 Å². The molecule has 2 amide bonds. The summed E-state index contributed by atoms with van der Waals surface area (Å²) in [7, 11) is 0. The third-order valence-electron chi connectivity index (χ3n) is 4.58. The third kappa shape index (κ3) is 1.67. The van der Waals surface area contributed by atoms with E-state index in [2.05, 4.69) is 10.6 Å². The van der Waals surface area contributed by atoms with Crippen LogP contribution in [0.3, 0.4) is 0 Å². The van der Waals surface area contributed by atoms with Crippen LogP contribution in [0.4, 0.5) is 11.4 Å². The van der Waals surface area contributed by atoms with Crippen molar-refractivity contribution in [2.45, 2.75) is 19.5 Å². The molecular formula is C18H17N3O2. The molecule has 116 valence electrons. The first kappa shape index (κ1) is 13.8. The number of hydrogen-bond donors (Lipinski definition) is 2. The summed E-state index contributed by atoms with van der Waals surface area (Å²) < 4.78 is 0. The minimum absolute atomic E-state index is 0.133. The average Bonchev–Trinajstić information content (AvgIpc) is 2.81. The molecule has 0 bridgehead atoms. The number of para-hydroxylation sites is 1. The molecule has 4 rings (SSSR count). The van der Waals surface area contributed by atoms with Crippen LogP contribution >= 0.6 is 0 Å². The van der Waals surface area contributed by atoms with E-state index in [-0.39, 0.29) is 11.8 Å². The number of fused-ring (bicyclic) bond motifs is 3. The lowest BCUT2D eigenvalue weighted by Crippen LogP contribution is -2.61. The fourth-order valence-electron chi connectivity index (χ4n) is 3.51. The maximum atomic E-state index is 13.0. The van der Waals surface area contributed by atoms with Crippen molar-refractivity contribution in [1.82, 2.24) is 4.90 Å². The lowest BCUT2D eigenvalue weighted by atomic mass is 9.92. The predicted molar refractivity (Wildman–Crippen MR) is 88.3 cm³/mol. The number of carbonyl (C=O) groups excluding carboxylic acids is 2. The predicted octanol–water partition coefficient (Wildman–Crippen LogP) is 2.69. The van der Waals surface area contributed by atoms with Crippen LogP contribution in [-0.2, 0) is 10.5 Å². The molecule has 0 radical (unpaired) electrons. The van der Waals surface area contributed by atoms with E-state index >= 15 is 0 Å². The average molecular weight is 307 g/mol. The highest BCUT2D eigenvalue weighted by Gasteiger charge is 2.55. The topological polar surface area (TPSA) is 61.4 Å². The maximum Gasteiger partial charge on any atom is 0.276 e. The molecule has 2 aromatic carbocycles. The Kier molecular flexibility index (Phi) is 2.75. The molecule has 0 fully saturated rings.